The standard InChI is InChI=1S/C6H14.C2H4O2.ClH/c1-3-5-6-4-2;1-4-2-3;/h3-6H2,1-2H3;2H,1H3;1H. The van der Waals surface area contributed by atoms with Gasteiger partial charge in [0.25, 0.3) is 6.47 Å². The molecule has 0 rings (SSSR count). The zero-order valence-corrected chi connectivity index (χ0v) is 8.45. The number of methoxy groups -OCH3 is 1. The van der Waals surface area contributed by atoms with E-state index < -0.39 is 0 Å². The molecule has 0 aromatic carbocycles. The van der Waals surface area contributed by atoms with E-state index in [1.807, 2.05) is 0 Å². The van der Waals surface area contributed by atoms with E-state index in [9.17, 15) is 0 Å². The minimum atomic E-state index is 0. The Bertz CT molecular complexity index is 54.1. The summed E-state index contributed by atoms with van der Waals surface area (Å²) < 4.78 is 3.86. The molecule has 0 fully saturated rings. The van der Waals surface area contributed by atoms with Crippen molar-refractivity contribution in [2.45, 2.75) is 39.5 Å². The highest BCUT2D eigenvalue weighted by Crippen LogP contribution is 1.95. The molecule has 0 aromatic rings. The summed E-state index contributed by atoms with van der Waals surface area (Å²) in [7, 11) is 1.31. The molecule has 0 aliphatic carbocycles. The lowest BCUT2D eigenvalue weighted by Crippen LogP contribution is -1.68. The lowest BCUT2D eigenvalue weighted by Gasteiger charge is -1.86. The third kappa shape index (κ3) is 41.6. The van der Waals surface area contributed by atoms with Crippen LogP contribution in [0.5, 0.6) is 0 Å². The summed E-state index contributed by atoms with van der Waals surface area (Å²) in [5, 5.41) is 0. The molecule has 0 saturated carbocycles. The van der Waals surface area contributed by atoms with E-state index in [0.717, 1.165) is 0 Å². The Balaban J connectivity index is -0.000000114. The lowest BCUT2D eigenvalue weighted by atomic mass is 10.2. The summed E-state index contributed by atoms with van der Waals surface area (Å²) in [6, 6.07) is 0. The van der Waals surface area contributed by atoms with Gasteiger partial charge in [-0.15, -0.1) is 12.4 Å². The lowest BCUT2D eigenvalue weighted by molar-refractivity contribution is -0.126. The van der Waals surface area contributed by atoms with Crippen molar-refractivity contribution in [3.8, 4) is 0 Å². The van der Waals surface area contributed by atoms with Crippen molar-refractivity contribution in [1.29, 1.82) is 0 Å². The molecular weight excluding hydrogens is 164 g/mol. The molecule has 0 aliphatic heterocycles. The van der Waals surface area contributed by atoms with Gasteiger partial charge in [0.15, 0.2) is 0 Å². The maximum absolute atomic E-state index is 8.95. The molecule has 0 N–H and O–H groups in total. The topological polar surface area (TPSA) is 26.3 Å². The van der Waals surface area contributed by atoms with Crippen LogP contribution in [0.2, 0.25) is 0 Å². The summed E-state index contributed by atoms with van der Waals surface area (Å²) in [6.45, 7) is 4.84. The molecule has 70 valence electrons. The van der Waals surface area contributed by atoms with Crippen molar-refractivity contribution in [3.05, 3.63) is 0 Å². The van der Waals surface area contributed by atoms with Crippen LogP contribution in [0.3, 0.4) is 0 Å². The van der Waals surface area contributed by atoms with Crippen molar-refractivity contribution < 1.29 is 9.53 Å². The molecule has 0 amide bonds. The molecule has 0 atom stereocenters. The molecule has 3 heteroatoms. The molecular formula is C8H19ClO2. The molecule has 0 heterocycles. The van der Waals surface area contributed by atoms with Crippen molar-refractivity contribution in [2.75, 3.05) is 7.11 Å². The number of ether oxygens (including phenoxy) is 1. The number of unbranched alkanes of at least 4 members (excludes halogenated alkanes) is 3. The average molecular weight is 183 g/mol. The number of carbonyl (C=O) groups excluding carboxylic acids is 1. The predicted molar refractivity (Wildman–Crippen MR) is 50.1 cm³/mol. The second-order valence-electron chi connectivity index (χ2n) is 2.04. The number of hydrogen-bond acceptors (Lipinski definition) is 2. The first-order chi connectivity index (χ1) is 4.83. The Morgan fingerprint density at radius 1 is 1.18 bits per heavy atom. The fraction of sp³-hybridized carbons (Fsp3) is 0.875. The van der Waals surface area contributed by atoms with Crippen LogP contribution in [-0.4, -0.2) is 13.6 Å². The molecule has 0 unspecified atom stereocenters. The van der Waals surface area contributed by atoms with Gasteiger partial charge in [0, 0.05) is 0 Å². The van der Waals surface area contributed by atoms with E-state index in [1.165, 1.54) is 32.8 Å². The maximum Gasteiger partial charge on any atom is 0.292 e. The quantitative estimate of drug-likeness (QED) is 0.494. The van der Waals surface area contributed by atoms with Crippen molar-refractivity contribution in [1.82, 2.24) is 0 Å². The van der Waals surface area contributed by atoms with Gasteiger partial charge in [0.05, 0.1) is 7.11 Å². The Morgan fingerprint density at radius 3 is 1.55 bits per heavy atom. The van der Waals surface area contributed by atoms with Crippen LogP contribution in [0.25, 0.3) is 0 Å². The fourth-order valence-electron chi connectivity index (χ4n) is 0.500. The zero-order valence-electron chi connectivity index (χ0n) is 7.63. The number of hydrogen-bond donors (Lipinski definition) is 0. The normalized spacial score (nSPS) is 6.82. The Morgan fingerprint density at radius 2 is 1.45 bits per heavy atom. The smallest absolute Gasteiger partial charge is 0.292 e. The van der Waals surface area contributed by atoms with Crippen LogP contribution in [0, 0.1) is 0 Å². The van der Waals surface area contributed by atoms with Gasteiger partial charge in [0.1, 0.15) is 0 Å². The van der Waals surface area contributed by atoms with E-state index in [2.05, 4.69) is 18.6 Å². The Labute approximate surface area is 75.7 Å². The number of carbonyl (C=O) groups is 1. The van der Waals surface area contributed by atoms with Crippen molar-refractivity contribution in [2.24, 2.45) is 0 Å². The number of rotatable bonds is 4. The minimum absolute atomic E-state index is 0. The van der Waals surface area contributed by atoms with Gasteiger partial charge in [0.2, 0.25) is 0 Å². The molecule has 0 aliphatic rings. The van der Waals surface area contributed by atoms with Crippen molar-refractivity contribution in [3.63, 3.8) is 0 Å². The van der Waals surface area contributed by atoms with Crippen LogP contribution in [0.1, 0.15) is 39.5 Å². The monoisotopic (exact) mass is 182 g/mol. The van der Waals surface area contributed by atoms with E-state index in [0.29, 0.717) is 6.47 Å². The zero-order chi connectivity index (χ0) is 8.24. The SMILES string of the molecule is CCCCCC.COC=O.Cl. The largest absolute Gasteiger partial charge is 0.471 e. The fourth-order valence-corrected chi connectivity index (χ4v) is 0.500. The third-order valence-corrected chi connectivity index (χ3v) is 1.05. The van der Waals surface area contributed by atoms with Gasteiger partial charge in [-0.2, -0.15) is 0 Å². The van der Waals surface area contributed by atoms with Crippen LogP contribution < -0.4 is 0 Å². The first kappa shape index (κ1) is 17.0. The van der Waals surface area contributed by atoms with E-state index in [4.69, 9.17) is 4.79 Å². The van der Waals surface area contributed by atoms with Gasteiger partial charge >= 0.3 is 0 Å². The molecule has 0 saturated heterocycles. The van der Waals surface area contributed by atoms with E-state index >= 15 is 0 Å². The maximum atomic E-state index is 8.95. The first-order valence-corrected chi connectivity index (χ1v) is 3.79. The second kappa shape index (κ2) is 22.6. The van der Waals surface area contributed by atoms with Crippen LogP contribution in [0.4, 0.5) is 0 Å². The van der Waals surface area contributed by atoms with Crippen LogP contribution in [-0.2, 0) is 9.53 Å². The third-order valence-electron chi connectivity index (χ3n) is 1.05. The first-order valence-electron chi connectivity index (χ1n) is 3.79. The predicted octanol–water partition coefficient (Wildman–Crippen LogP) is 2.80. The highest BCUT2D eigenvalue weighted by molar-refractivity contribution is 5.85. The van der Waals surface area contributed by atoms with Gasteiger partial charge in [-0.25, -0.2) is 0 Å². The average Bonchev–Trinajstić information content (AvgIpc) is 2.01. The Kier molecular flexibility index (Phi) is 34.9. The van der Waals surface area contributed by atoms with Crippen LogP contribution in [0.15, 0.2) is 0 Å². The highest BCUT2D eigenvalue weighted by Gasteiger charge is 1.75. The summed E-state index contributed by atoms with van der Waals surface area (Å²) >= 11 is 0. The number of halogens is 1. The van der Waals surface area contributed by atoms with E-state index in [1.54, 1.807) is 0 Å². The van der Waals surface area contributed by atoms with Gasteiger partial charge in [-0.1, -0.05) is 39.5 Å². The molecule has 0 radical (unpaired) electrons. The van der Waals surface area contributed by atoms with Crippen molar-refractivity contribution >= 4 is 18.9 Å². The van der Waals surface area contributed by atoms with Gasteiger partial charge < -0.3 is 4.74 Å². The molecule has 11 heavy (non-hydrogen) atoms. The summed E-state index contributed by atoms with van der Waals surface area (Å²) in [6.07, 6.45) is 5.54. The van der Waals surface area contributed by atoms with Gasteiger partial charge in [-0.3, -0.25) is 4.79 Å². The molecule has 0 spiro atoms. The highest BCUT2D eigenvalue weighted by atomic mass is 35.5. The van der Waals surface area contributed by atoms with E-state index in [-0.39, 0.29) is 12.4 Å². The van der Waals surface area contributed by atoms with Crippen LogP contribution >= 0.6 is 12.4 Å². The molecule has 2 nitrogen and oxygen atoms in total. The summed E-state index contributed by atoms with van der Waals surface area (Å²) in [5.74, 6) is 0. The Hall–Kier alpha value is -0.240. The molecule has 0 bridgehead atoms. The summed E-state index contributed by atoms with van der Waals surface area (Å²) in [5.41, 5.74) is 0. The van der Waals surface area contributed by atoms with Gasteiger partial charge in [-0.05, 0) is 0 Å². The minimum Gasteiger partial charge on any atom is -0.471 e. The second-order valence-corrected chi connectivity index (χ2v) is 2.04. The molecule has 0 aromatic heterocycles. The summed E-state index contributed by atoms with van der Waals surface area (Å²) in [4.78, 5) is 8.95.